The number of phenolic OH excluding ortho intramolecular Hbond substituents is 1. The summed E-state index contributed by atoms with van der Waals surface area (Å²) in [4.78, 5) is 0. The van der Waals surface area contributed by atoms with Gasteiger partial charge in [0.05, 0.1) is 0 Å². The molecule has 0 aliphatic rings. The van der Waals surface area contributed by atoms with Gasteiger partial charge in [-0.3, -0.25) is 0 Å². The first-order valence-corrected chi connectivity index (χ1v) is 3.68. The number of aromatic nitrogens is 2. The molecule has 0 spiro atoms. The molecule has 0 saturated heterocycles. The van der Waals surface area contributed by atoms with Crippen LogP contribution in [0.3, 0.4) is 0 Å². The standard InChI is InChI=1S/C9H6FN2O/c10-8-6-7(13)2-3-9(8)12-5-1-4-11-12/h1-3,5-6,13H. The highest BCUT2D eigenvalue weighted by molar-refractivity contribution is 5.37. The molecule has 0 atom stereocenters. The van der Waals surface area contributed by atoms with Crippen molar-refractivity contribution < 1.29 is 9.50 Å². The molecule has 2 aromatic rings. The largest absolute Gasteiger partial charge is 0.508 e. The number of rotatable bonds is 1. The maximum atomic E-state index is 13.2. The number of hydrogen-bond donors (Lipinski definition) is 1. The van der Waals surface area contributed by atoms with Crippen LogP contribution >= 0.6 is 0 Å². The Bertz CT molecular complexity index is 412. The van der Waals surface area contributed by atoms with Gasteiger partial charge in [0.15, 0.2) is 5.82 Å². The molecular formula is C9H6FN2O. The lowest BCUT2D eigenvalue weighted by Gasteiger charge is -2.02. The summed E-state index contributed by atoms with van der Waals surface area (Å²) in [5, 5.41) is 12.7. The Kier molecular flexibility index (Phi) is 1.73. The van der Waals surface area contributed by atoms with E-state index >= 15 is 0 Å². The zero-order valence-electron chi connectivity index (χ0n) is 6.61. The average Bonchev–Trinajstić information content (AvgIpc) is 2.56. The van der Waals surface area contributed by atoms with Crippen molar-refractivity contribution in [3.05, 3.63) is 42.5 Å². The van der Waals surface area contributed by atoms with E-state index in [0.717, 1.165) is 6.07 Å². The van der Waals surface area contributed by atoms with E-state index < -0.39 is 5.82 Å². The smallest absolute Gasteiger partial charge is 0.152 e. The zero-order valence-corrected chi connectivity index (χ0v) is 6.61. The highest BCUT2D eigenvalue weighted by Gasteiger charge is 2.04. The molecule has 1 N–H and O–H groups in total. The van der Waals surface area contributed by atoms with Crippen molar-refractivity contribution in [1.29, 1.82) is 0 Å². The van der Waals surface area contributed by atoms with Crippen LogP contribution < -0.4 is 0 Å². The van der Waals surface area contributed by atoms with Gasteiger partial charge in [0, 0.05) is 12.3 Å². The molecule has 0 unspecified atom stereocenters. The molecule has 3 nitrogen and oxygen atoms in total. The van der Waals surface area contributed by atoms with Crippen molar-refractivity contribution in [3.63, 3.8) is 0 Å². The van der Waals surface area contributed by atoms with Crippen LogP contribution in [-0.4, -0.2) is 14.9 Å². The van der Waals surface area contributed by atoms with E-state index in [4.69, 9.17) is 5.11 Å². The van der Waals surface area contributed by atoms with E-state index in [1.165, 1.54) is 16.8 Å². The molecule has 0 saturated carbocycles. The van der Waals surface area contributed by atoms with E-state index in [0.29, 0.717) is 5.69 Å². The Labute approximate surface area is 74.1 Å². The minimum absolute atomic E-state index is 0.0996. The van der Waals surface area contributed by atoms with Crippen molar-refractivity contribution in [2.45, 2.75) is 0 Å². The predicted octanol–water partition coefficient (Wildman–Crippen LogP) is 1.52. The maximum absolute atomic E-state index is 13.2. The second-order valence-electron chi connectivity index (χ2n) is 2.53. The van der Waals surface area contributed by atoms with Crippen molar-refractivity contribution in [3.8, 4) is 11.4 Å². The number of phenols is 1. The van der Waals surface area contributed by atoms with Crippen LogP contribution in [0, 0.1) is 12.0 Å². The first kappa shape index (κ1) is 7.79. The fourth-order valence-corrected chi connectivity index (χ4v) is 1.05. The highest BCUT2D eigenvalue weighted by Crippen LogP contribution is 2.17. The Morgan fingerprint density at radius 2 is 2.31 bits per heavy atom. The van der Waals surface area contributed by atoms with Gasteiger partial charge in [0.2, 0.25) is 0 Å². The molecule has 1 aromatic heterocycles. The minimum Gasteiger partial charge on any atom is -0.508 e. The molecular weight excluding hydrogens is 171 g/mol. The second-order valence-corrected chi connectivity index (χ2v) is 2.53. The Morgan fingerprint density at radius 1 is 1.46 bits per heavy atom. The summed E-state index contributed by atoms with van der Waals surface area (Å²) in [6.45, 7) is 0. The van der Waals surface area contributed by atoms with Gasteiger partial charge in [0.1, 0.15) is 17.6 Å². The van der Waals surface area contributed by atoms with Gasteiger partial charge in [-0.15, -0.1) is 0 Å². The van der Waals surface area contributed by atoms with Crippen LogP contribution in [0.2, 0.25) is 0 Å². The third-order valence-corrected chi connectivity index (χ3v) is 1.63. The van der Waals surface area contributed by atoms with E-state index in [1.807, 2.05) is 0 Å². The number of benzene rings is 1. The van der Waals surface area contributed by atoms with Crippen LogP contribution in [0.4, 0.5) is 4.39 Å². The molecule has 0 aliphatic carbocycles. The number of nitrogens with zero attached hydrogens (tertiary/aromatic N) is 2. The summed E-state index contributed by atoms with van der Waals surface area (Å²) >= 11 is 0. The van der Waals surface area contributed by atoms with Gasteiger partial charge in [-0.05, 0) is 18.2 Å². The summed E-state index contributed by atoms with van der Waals surface area (Å²) in [6.07, 6.45) is 4.13. The SMILES string of the molecule is Oc1ccc(-n2cc[c]n2)c(F)c1. The van der Waals surface area contributed by atoms with Gasteiger partial charge in [-0.2, -0.15) is 5.10 Å². The third-order valence-electron chi connectivity index (χ3n) is 1.63. The molecule has 0 fully saturated rings. The molecule has 0 amide bonds. The summed E-state index contributed by atoms with van der Waals surface area (Å²) in [5.41, 5.74) is 0.291. The van der Waals surface area contributed by atoms with Crippen molar-refractivity contribution in [2.24, 2.45) is 0 Å². The highest BCUT2D eigenvalue weighted by atomic mass is 19.1. The normalized spacial score (nSPS) is 10.2. The Hall–Kier alpha value is -1.84. The lowest BCUT2D eigenvalue weighted by molar-refractivity contribution is 0.468. The molecule has 0 bridgehead atoms. The van der Waals surface area contributed by atoms with E-state index in [9.17, 15) is 4.39 Å². The van der Waals surface area contributed by atoms with Crippen molar-refractivity contribution in [2.75, 3.05) is 0 Å². The van der Waals surface area contributed by atoms with Crippen LogP contribution in [0.15, 0.2) is 30.5 Å². The van der Waals surface area contributed by atoms with Gasteiger partial charge in [0.25, 0.3) is 0 Å². The van der Waals surface area contributed by atoms with Crippen molar-refractivity contribution >= 4 is 0 Å². The monoisotopic (exact) mass is 177 g/mol. The molecule has 4 heteroatoms. The molecule has 2 rings (SSSR count). The quantitative estimate of drug-likeness (QED) is 0.717. The van der Waals surface area contributed by atoms with E-state index in [-0.39, 0.29) is 5.75 Å². The molecule has 1 radical (unpaired) electrons. The first-order valence-electron chi connectivity index (χ1n) is 3.68. The molecule has 0 aliphatic heterocycles. The Balaban J connectivity index is 2.53. The molecule has 1 heterocycles. The Morgan fingerprint density at radius 3 is 2.92 bits per heavy atom. The van der Waals surface area contributed by atoms with Gasteiger partial charge in [-0.25, -0.2) is 9.07 Å². The number of halogens is 1. The van der Waals surface area contributed by atoms with Crippen LogP contribution in [0.25, 0.3) is 5.69 Å². The lowest BCUT2D eigenvalue weighted by atomic mass is 10.3. The van der Waals surface area contributed by atoms with Gasteiger partial charge < -0.3 is 5.11 Å². The fraction of sp³-hybridized carbons (Fsp3) is 0. The van der Waals surface area contributed by atoms with Crippen molar-refractivity contribution in [1.82, 2.24) is 9.78 Å². The van der Waals surface area contributed by atoms with Crippen LogP contribution in [0.5, 0.6) is 5.75 Å². The molecule has 1 aromatic carbocycles. The molecule has 13 heavy (non-hydrogen) atoms. The number of aromatic hydroxyl groups is 1. The van der Waals surface area contributed by atoms with E-state index in [1.54, 1.807) is 12.3 Å². The van der Waals surface area contributed by atoms with E-state index in [2.05, 4.69) is 11.3 Å². The van der Waals surface area contributed by atoms with Crippen LogP contribution in [-0.2, 0) is 0 Å². The maximum Gasteiger partial charge on any atom is 0.152 e. The van der Waals surface area contributed by atoms with Crippen LogP contribution in [0.1, 0.15) is 0 Å². The zero-order chi connectivity index (χ0) is 9.26. The summed E-state index contributed by atoms with van der Waals surface area (Å²) in [5.74, 6) is -0.616. The fourth-order valence-electron chi connectivity index (χ4n) is 1.05. The summed E-state index contributed by atoms with van der Waals surface area (Å²) < 4.78 is 14.5. The summed E-state index contributed by atoms with van der Waals surface area (Å²) in [7, 11) is 0. The lowest BCUT2D eigenvalue weighted by Crippen LogP contribution is -1.97. The third kappa shape index (κ3) is 1.38. The van der Waals surface area contributed by atoms with Gasteiger partial charge in [-0.1, -0.05) is 0 Å². The summed E-state index contributed by atoms with van der Waals surface area (Å²) in [6, 6.07) is 5.47. The predicted molar refractivity (Wildman–Crippen MR) is 44.0 cm³/mol. The topological polar surface area (TPSA) is 38.0 Å². The van der Waals surface area contributed by atoms with Gasteiger partial charge >= 0.3 is 0 Å². The minimum atomic E-state index is -0.517. The first-order chi connectivity index (χ1) is 6.27. The number of hydrogen-bond acceptors (Lipinski definition) is 2. The average molecular weight is 177 g/mol. The second kappa shape index (κ2) is 2.90. The molecule has 65 valence electrons.